The molecule has 168 valence electrons. The zero-order valence-electron chi connectivity index (χ0n) is 18.6. The van der Waals surface area contributed by atoms with Crippen molar-refractivity contribution in [2.75, 3.05) is 58.3 Å². The third kappa shape index (κ3) is 6.95. The molecule has 2 aromatic carbocycles. The molecule has 0 aromatic heterocycles. The molecule has 0 aliphatic carbocycles. The summed E-state index contributed by atoms with van der Waals surface area (Å²) in [7, 11) is 1.62. The van der Waals surface area contributed by atoms with Gasteiger partial charge >= 0.3 is 0 Å². The van der Waals surface area contributed by atoms with Crippen molar-refractivity contribution in [3.63, 3.8) is 0 Å². The third-order valence-electron chi connectivity index (χ3n) is 5.55. The van der Waals surface area contributed by atoms with Crippen molar-refractivity contribution < 1.29 is 19.4 Å². The fourth-order valence-electron chi connectivity index (χ4n) is 3.74. The topological polar surface area (TPSA) is 74.3 Å². The average Bonchev–Trinajstić information content (AvgIpc) is 2.77. The SMILES string of the molecule is COc1ccc(OC[C@@H](O)CN2CCN(CC(=O)Nc3c(C)cccc3C)CC2)cc1. The summed E-state index contributed by atoms with van der Waals surface area (Å²) >= 11 is 0. The van der Waals surface area contributed by atoms with Crippen LogP contribution < -0.4 is 14.8 Å². The van der Waals surface area contributed by atoms with E-state index in [9.17, 15) is 9.90 Å². The number of nitrogens with one attached hydrogen (secondary N) is 1. The van der Waals surface area contributed by atoms with Crippen molar-refractivity contribution in [3.8, 4) is 11.5 Å². The maximum absolute atomic E-state index is 12.5. The lowest BCUT2D eigenvalue weighted by Gasteiger charge is -2.35. The highest BCUT2D eigenvalue weighted by molar-refractivity contribution is 5.93. The summed E-state index contributed by atoms with van der Waals surface area (Å²) in [6.45, 7) is 8.41. The minimum atomic E-state index is -0.569. The van der Waals surface area contributed by atoms with Crippen molar-refractivity contribution in [1.82, 2.24) is 9.80 Å². The van der Waals surface area contributed by atoms with E-state index in [-0.39, 0.29) is 12.5 Å². The molecule has 0 unspecified atom stereocenters. The van der Waals surface area contributed by atoms with Gasteiger partial charge in [-0.15, -0.1) is 0 Å². The number of aliphatic hydroxyl groups is 1. The van der Waals surface area contributed by atoms with Gasteiger partial charge in [-0.3, -0.25) is 14.6 Å². The first kappa shape index (κ1) is 23.1. The Bertz CT molecular complexity index is 828. The van der Waals surface area contributed by atoms with Gasteiger partial charge in [0.15, 0.2) is 0 Å². The van der Waals surface area contributed by atoms with Gasteiger partial charge in [0.2, 0.25) is 5.91 Å². The maximum atomic E-state index is 12.5. The van der Waals surface area contributed by atoms with E-state index in [0.717, 1.165) is 48.7 Å². The maximum Gasteiger partial charge on any atom is 0.238 e. The Morgan fingerprint density at radius 3 is 2.19 bits per heavy atom. The number of para-hydroxylation sites is 1. The summed E-state index contributed by atoms with van der Waals surface area (Å²) in [4.78, 5) is 16.8. The molecule has 0 radical (unpaired) electrons. The number of benzene rings is 2. The molecule has 2 aromatic rings. The van der Waals surface area contributed by atoms with Gasteiger partial charge in [0.05, 0.1) is 13.7 Å². The molecule has 0 saturated carbocycles. The molecule has 7 nitrogen and oxygen atoms in total. The number of carbonyl (C=O) groups is 1. The predicted octanol–water partition coefficient (Wildman–Crippen LogP) is 2.31. The van der Waals surface area contributed by atoms with Gasteiger partial charge in [-0.1, -0.05) is 18.2 Å². The first-order chi connectivity index (χ1) is 14.9. The molecule has 2 N–H and O–H groups in total. The third-order valence-corrected chi connectivity index (χ3v) is 5.55. The summed E-state index contributed by atoms with van der Waals surface area (Å²) in [6.07, 6.45) is -0.569. The molecule has 1 aliphatic rings. The van der Waals surface area contributed by atoms with Crippen molar-refractivity contribution >= 4 is 11.6 Å². The van der Waals surface area contributed by atoms with Gasteiger partial charge in [-0.2, -0.15) is 0 Å². The highest BCUT2D eigenvalue weighted by Gasteiger charge is 2.21. The Balaban J connectivity index is 1.36. The normalized spacial score (nSPS) is 16.0. The summed E-state index contributed by atoms with van der Waals surface area (Å²) in [6, 6.07) is 13.3. The quantitative estimate of drug-likeness (QED) is 0.640. The average molecular weight is 428 g/mol. The number of aliphatic hydroxyl groups excluding tert-OH is 1. The first-order valence-electron chi connectivity index (χ1n) is 10.7. The highest BCUT2D eigenvalue weighted by Crippen LogP contribution is 2.19. The number of rotatable bonds is 9. The van der Waals surface area contributed by atoms with Crippen LogP contribution in [0.15, 0.2) is 42.5 Å². The fraction of sp³-hybridized carbons (Fsp3) is 0.458. The van der Waals surface area contributed by atoms with E-state index in [2.05, 4.69) is 15.1 Å². The highest BCUT2D eigenvalue weighted by atomic mass is 16.5. The molecular weight excluding hydrogens is 394 g/mol. The number of β-amino-alcohol motifs (C(OH)–C–C–N with tert-alkyl or cyclic N) is 1. The lowest BCUT2D eigenvalue weighted by atomic mass is 10.1. The van der Waals surface area contributed by atoms with Crippen molar-refractivity contribution in [3.05, 3.63) is 53.6 Å². The minimum Gasteiger partial charge on any atom is -0.497 e. The fourth-order valence-corrected chi connectivity index (χ4v) is 3.74. The van der Waals surface area contributed by atoms with Gasteiger partial charge in [0.1, 0.15) is 24.2 Å². The van der Waals surface area contributed by atoms with Crippen LogP contribution in [0.4, 0.5) is 5.69 Å². The van der Waals surface area contributed by atoms with Crippen LogP contribution in [0.2, 0.25) is 0 Å². The Morgan fingerprint density at radius 1 is 1.00 bits per heavy atom. The number of nitrogens with zero attached hydrogens (tertiary/aromatic N) is 2. The Kier molecular flexibility index (Phi) is 8.28. The van der Waals surface area contributed by atoms with E-state index in [1.807, 2.05) is 56.3 Å². The van der Waals surface area contributed by atoms with Crippen LogP contribution in [-0.4, -0.2) is 79.9 Å². The number of methoxy groups -OCH3 is 1. The Morgan fingerprint density at radius 2 is 1.58 bits per heavy atom. The van der Waals surface area contributed by atoms with Crippen molar-refractivity contribution in [2.24, 2.45) is 0 Å². The molecule has 1 atom stereocenters. The molecule has 7 heteroatoms. The molecule has 1 saturated heterocycles. The summed E-state index contributed by atoms with van der Waals surface area (Å²) < 4.78 is 10.8. The first-order valence-corrected chi connectivity index (χ1v) is 10.7. The number of hydrogen-bond donors (Lipinski definition) is 2. The number of aryl methyl sites for hydroxylation is 2. The van der Waals surface area contributed by atoms with Gasteiger partial charge < -0.3 is 19.9 Å². The largest absolute Gasteiger partial charge is 0.497 e. The van der Waals surface area contributed by atoms with E-state index in [1.165, 1.54) is 0 Å². The summed E-state index contributed by atoms with van der Waals surface area (Å²) in [5.41, 5.74) is 3.05. The lowest BCUT2D eigenvalue weighted by molar-refractivity contribution is -0.117. The minimum absolute atomic E-state index is 0.0128. The standard InChI is InChI=1S/C24H33N3O4/c1-18-5-4-6-19(2)24(18)25-23(29)16-27-13-11-26(12-14-27)15-20(28)17-31-22-9-7-21(30-3)8-10-22/h4-10,20,28H,11-17H2,1-3H3,(H,25,29)/t20-/m0/s1. The second-order valence-corrected chi connectivity index (χ2v) is 8.03. The summed E-state index contributed by atoms with van der Waals surface area (Å²) in [5.74, 6) is 1.49. The Labute approximate surface area is 184 Å². The van der Waals surface area contributed by atoms with Gasteiger partial charge in [-0.25, -0.2) is 0 Å². The van der Waals surface area contributed by atoms with Gasteiger partial charge in [-0.05, 0) is 49.2 Å². The van der Waals surface area contributed by atoms with Gasteiger partial charge in [0, 0.05) is 38.4 Å². The molecule has 1 fully saturated rings. The van der Waals surface area contributed by atoms with Crippen LogP contribution in [0.1, 0.15) is 11.1 Å². The number of ether oxygens (including phenoxy) is 2. The molecule has 1 amide bonds. The molecule has 3 rings (SSSR count). The lowest BCUT2D eigenvalue weighted by Crippen LogP contribution is -2.50. The van der Waals surface area contributed by atoms with Crippen LogP contribution in [0.5, 0.6) is 11.5 Å². The van der Waals surface area contributed by atoms with Crippen LogP contribution in [0, 0.1) is 13.8 Å². The van der Waals surface area contributed by atoms with Crippen LogP contribution in [0.25, 0.3) is 0 Å². The molecule has 31 heavy (non-hydrogen) atoms. The van der Waals surface area contributed by atoms with Crippen LogP contribution in [-0.2, 0) is 4.79 Å². The molecular formula is C24H33N3O4. The number of carbonyl (C=O) groups excluding carboxylic acids is 1. The van der Waals surface area contributed by atoms with Crippen LogP contribution >= 0.6 is 0 Å². The monoisotopic (exact) mass is 427 g/mol. The van der Waals surface area contributed by atoms with Crippen molar-refractivity contribution in [1.29, 1.82) is 0 Å². The van der Waals surface area contributed by atoms with E-state index in [4.69, 9.17) is 9.47 Å². The number of hydrogen-bond acceptors (Lipinski definition) is 6. The summed E-state index contributed by atoms with van der Waals surface area (Å²) in [5, 5.41) is 13.4. The van der Waals surface area contributed by atoms with E-state index < -0.39 is 6.10 Å². The molecule has 1 heterocycles. The number of amides is 1. The van der Waals surface area contributed by atoms with Crippen molar-refractivity contribution in [2.45, 2.75) is 20.0 Å². The molecule has 0 spiro atoms. The second-order valence-electron chi connectivity index (χ2n) is 8.03. The second kappa shape index (κ2) is 11.1. The Hall–Kier alpha value is -2.61. The zero-order chi connectivity index (χ0) is 22.2. The van der Waals surface area contributed by atoms with Crippen LogP contribution in [0.3, 0.4) is 0 Å². The predicted molar refractivity (Wildman–Crippen MR) is 122 cm³/mol. The smallest absolute Gasteiger partial charge is 0.238 e. The molecule has 1 aliphatic heterocycles. The van der Waals surface area contributed by atoms with Gasteiger partial charge in [0.25, 0.3) is 0 Å². The zero-order valence-corrected chi connectivity index (χ0v) is 18.6. The molecule has 0 bridgehead atoms. The van der Waals surface area contributed by atoms with E-state index in [0.29, 0.717) is 18.8 Å². The van der Waals surface area contributed by atoms with E-state index in [1.54, 1.807) is 7.11 Å². The van der Waals surface area contributed by atoms with E-state index >= 15 is 0 Å². The number of anilines is 1. The number of piperazine rings is 1.